The fourth-order valence-corrected chi connectivity index (χ4v) is 7.78. The highest BCUT2D eigenvalue weighted by molar-refractivity contribution is 6.24. The van der Waals surface area contributed by atoms with Gasteiger partial charge in [0.1, 0.15) is 11.2 Å². The molecular weight excluding hydrogens is 569 g/mol. The van der Waals surface area contributed by atoms with Crippen molar-refractivity contribution in [1.82, 2.24) is 0 Å². The highest BCUT2D eigenvalue weighted by Crippen LogP contribution is 2.46. The fraction of sp³-hybridized carbons (Fsp3) is 0. The molecule has 0 amide bonds. The smallest absolute Gasteiger partial charge is 0.143 e. The molecule has 1 heteroatoms. The molecule has 0 aliphatic heterocycles. The van der Waals surface area contributed by atoms with E-state index in [1.54, 1.807) is 0 Å². The number of hydrogen-bond donors (Lipinski definition) is 0. The molecule has 0 saturated carbocycles. The van der Waals surface area contributed by atoms with E-state index in [0.717, 1.165) is 27.5 Å². The summed E-state index contributed by atoms with van der Waals surface area (Å²) < 4.78 is 6.56. The number of benzene rings is 9. The van der Waals surface area contributed by atoms with Crippen molar-refractivity contribution in [2.24, 2.45) is 0 Å². The van der Waals surface area contributed by atoms with Gasteiger partial charge in [-0.25, -0.2) is 0 Å². The van der Waals surface area contributed by atoms with E-state index in [9.17, 15) is 0 Å². The van der Waals surface area contributed by atoms with Crippen molar-refractivity contribution in [1.29, 1.82) is 0 Å². The minimum Gasteiger partial charge on any atom is -0.455 e. The molecule has 1 nitrogen and oxygen atoms in total. The van der Waals surface area contributed by atoms with Gasteiger partial charge in [-0.15, -0.1) is 0 Å². The molecule has 0 bridgehead atoms. The molecule has 0 fully saturated rings. The first-order valence-corrected chi connectivity index (χ1v) is 16.2. The lowest BCUT2D eigenvalue weighted by Gasteiger charge is -2.18. The number of rotatable bonds is 3. The Kier molecular flexibility index (Phi) is 5.64. The molecule has 0 saturated heterocycles. The van der Waals surface area contributed by atoms with Gasteiger partial charge in [0.25, 0.3) is 0 Å². The number of furan rings is 1. The Labute approximate surface area is 271 Å². The predicted molar refractivity (Wildman–Crippen MR) is 200 cm³/mol. The van der Waals surface area contributed by atoms with Crippen LogP contribution in [-0.2, 0) is 0 Å². The molecule has 10 aromatic rings. The van der Waals surface area contributed by atoms with Crippen LogP contribution in [0.25, 0.3) is 98.4 Å². The number of fused-ring (bicyclic) bond motifs is 8. The van der Waals surface area contributed by atoms with Crippen molar-refractivity contribution >= 4 is 65.0 Å². The van der Waals surface area contributed by atoms with Crippen molar-refractivity contribution in [2.75, 3.05) is 0 Å². The molecule has 9 aromatic carbocycles. The van der Waals surface area contributed by atoms with Crippen LogP contribution < -0.4 is 0 Å². The third-order valence-corrected chi connectivity index (χ3v) is 9.88. The van der Waals surface area contributed by atoms with Crippen molar-refractivity contribution in [3.8, 4) is 33.4 Å². The third-order valence-electron chi connectivity index (χ3n) is 9.88. The van der Waals surface area contributed by atoms with E-state index >= 15 is 0 Å². The predicted octanol–water partition coefficient (Wildman–Crippen LogP) is 13.2. The van der Waals surface area contributed by atoms with Crippen LogP contribution in [0.1, 0.15) is 0 Å². The molecule has 47 heavy (non-hydrogen) atoms. The summed E-state index contributed by atoms with van der Waals surface area (Å²) in [5.74, 6) is 0. The molecule has 1 aromatic heterocycles. The lowest BCUT2D eigenvalue weighted by molar-refractivity contribution is 0.670. The van der Waals surface area contributed by atoms with Gasteiger partial charge in [-0.2, -0.15) is 0 Å². The zero-order valence-corrected chi connectivity index (χ0v) is 25.6. The van der Waals surface area contributed by atoms with Crippen LogP contribution in [0.3, 0.4) is 0 Å². The number of para-hydroxylation sites is 2. The topological polar surface area (TPSA) is 13.1 Å². The van der Waals surface area contributed by atoms with Gasteiger partial charge in [-0.3, -0.25) is 0 Å². The molecule has 0 aliphatic carbocycles. The van der Waals surface area contributed by atoms with Gasteiger partial charge in [0.2, 0.25) is 0 Å². The molecule has 0 spiro atoms. The largest absolute Gasteiger partial charge is 0.455 e. The van der Waals surface area contributed by atoms with Crippen molar-refractivity contribution < 1.29 is 4.42 Å². The summed E-state index contributed by atoms with van der Waals surface area (Å²) in [6.45, 7) is 0. The second kappa shape index (κ2) is 10.2. The maximum atomic E-state index is 6.56. The van der Waals surface area contributed by atoms with Gasteiger partial charge in [0, 0.05) is 21.9 Å². The van der Waals surface area contributed by atoms with Gasteiger partial charge in [0.05, 0.1) is 0 Å². The average Bonchev–Trinajstić information content (AvgIpc) is 3.53. The van der Waals surface area contributed by atoms with E-state index in [1.165, 1.54) is 70.9 Å². The Bertz CT molecular complexity index is 2780. The summed E-state index contributed by atoms with van der Waals surface area (Å²) in [4.78, 5) is 0. The zero-order valence-electron chi connectivity index (χ0n) is 25.6. The molecule has 0 N–H and O–H groups in total. The Hall–Kier alpha value is -6.18. The second-order valence-electron chi connectivity index (χ2n) is 12.4. The minimum absolute atomic E-state index is 0.916. The second-order valence-corrected chi connectivity index (χ2v) is 12.4. The molecule has 10 rings (SSSR count). The third kappa shape index (κ3) is 3.90. The van der Waals surface area contributed by atoms with Crippen LogP contribution in [0.15, 0.2) is 174 Å². The first-order valence-electron chi connectivity index (χ1n) is 16.2. The normalized spacial score (nSPS) is 11.8. The van der Waals surface area contributed by atoms with Crippen LogP contribution in [0.2, 0.25) is 0 Å². The summed E-state index contributed by atoms with van der Waals surface area (Å²) in [6.07, 6.45) is 0. The Morgan fingerprint density at radius 1 is 0.277 bits per heavy atom. The molecule has 1 heterocycles. The van der Waals surface area contributed by atoms with Crippen molar-refractivity contribution in [2.45, 2.75) is 0 Å². The lowest BCUT2D eigenvalue weighted by Crippen LogP contribution is -1.91. The van der Waals surface area contributed by atoms with Gasteiger partial charge >= 0.3 is 0 Å². The van der Waals surface area contributed by atoms with Crippen molar-refractivity contribution in [3.63, 3.8) is 0 Å². The Balaban J connectivity index is 1.19. The van der Waals surface area contributed by atoms with Gasteiger partial charge in [-0.05, 0) is 71.4 Å². The SMILES string of the molecule is c1ccc2c(c1)ccc1c(-c3ccc(-c4c5ccccc5c(-c5cccc6c5oc5ccccc56)c5ccccc45)cc3)cccc12. The highest BCUT2D eigenvalue weighted by atomic mass is 16.3. The quantitative estimate of drug-likeness (QED) is 0.146. The first-order chi connectivity index (χ1) is 23.3. The zero-order chi connectivity index (χ0) is 30.9. The van der Waals surface area contributed by atoms with Crippen LogP contribution >= 0.6 is 0 Å². The molecule has 218 valence electrons. The van der Waals surface area contributed by atoms with Crippen molar-refractivity contribution in [3.05, 3.63) is 170 Å². The van der Waals surface area contributed by atoms with Gasteiger partial charge in [-0.1, -0.05) is 164 Å². The van der Waals surface area contributed by atoms with Gasteiger partial charge < -0.3 is 4.42 Å². The summed E-state index contributed by atoms with van der Waals surface area (Å²) in [7, 11) is 0. The fourth-order valence-electron chi connectivity index (χ4n) is 7.78. The Morgan fingerprint density at radius 2 is 0.809 bits per heavy atom. The maximum Gasteiger partial charge on any atom is 0.143 e. The summed E-state index contributed by atoms with van der Waals surface area (Å²) in [6, 6.07) is 61.5. The standard InChI is InChI=1S/C46H28O/c1-2-12-32-29(11-1)27-28-35-33(18-9-19-34(32)35)30-23-25-31(26-24-30)44-37-14-3-5-16-39(37)45(40-17-6-4-15-38(40)44)42-21-10-20-41-36-13-7-8-22-43(36)47-46(41)42/h1-28H. The lowest BCUT2D eigenvalue weighted by atomic mass is 9.85. The molecule has 0 unspecified atom stereocenters. The van der Waals surface area contributed by atoms with E-state index in [4.69, 9.17) is 4.42 Å². The van der Waals surface area contributed by atoms with Crippen LogP contribution in [0.4, 0.5) is 0 Å². The van der Waals surface area contributed by atoms with Gasteiger partial charge in [0.15, 0.2) is 0 Å². The first kappa shape index (κ1) is 26.1. The number of hydrogen-bond acceptors (Lipinski definition) is 1. The maximum absolute atomic E-state index is 6.56. The van der Waals surface area contributed by atoms with E-state index in [0.29, 0.717) is 0 Å². The summed E-state index contributed by atoms with van der Waals surface area (Å²) >= 11 is 0. The monoisotopic (exact) mass is 596 g/mol. The van der Waals surface area contributed by atoms with E-state index < -0.39 is 0 Å². The van der Waals surface area contributed by atoms with Crippen LogP contribution in [-0.4, -0.2) is 0 Å². The van der Waals surface area contributed by atoms with Crippen LogP contribution in [0.5, 0.6) is 0 Å². The van der Waals surface area contributed by atoms with E-state index in [1.807, 2.05) is 6.07 Å². The average molecular weight is 597 g/mol. The van der Waals surface area contributed by atoms with E-state index in [2.05, 4.69) is 164 Å². The minimum atomic E-state index is 0.916. The van der Waals surface area contributed by atoms with E-state index in [-0.39, 0.29) is 0 Å². The molecule has 0 aliphatic rings. The molecule has 0 radical (unpaired) electrons. The molecule has 0 atom stereocenters. The molecular formula is C46H28O. The summed E-state index contributed by atoms with van der Waals surface area (Å²) in [5, 5.41) is 12.3. The highest BCUT2D eigenvalue weighted by Gasteiger charge is 2.20. The Morgan fingerprint density at radius 3 is 1.53 bits per heavy atom. The summed E-state index contributed by atoms with van der Waals surface area (Å²) in [5.41, 5.74) is 9.12. The van der Waals surface area contributed by atoms with Crippen LogP contribution in [0, 0.1) is 0 Å².